The smallest absolute Gasteiger partial charge is 0.0833 e. The van der Waals surface area contributed by atoms with Crippen molar-refractivity contribution in [2.75, 3.05) is 0 Å². The molecule has 2 heteroatoms. The lowest BCUT2D eigenvalue weighted by molar-refractivity contribution is -0.0198. The molecule has 3 aliphatic rings. The third-order valence-corrected chi connectivity index (χ3v) is 8.63. The van der Waals surface area contributed by atoms with Crippen molar-refractivity contribution >= 4 is 0 Å². The van der Waals surface area contributed by atoms with Crippen molar-refractivity contribution in [2.45, 2.75) is 98.2 Å². The topological polar surface area (TPSA) is 40.5 Å². The first-order valence-electron chi connectivity index (χ1n) is 12.2. The molecule has 0 aromatic heterocycles. The molecule has 0 saturated heterocycles. The van der Waals surface area contributed by atoms with Crippen molar-refractivity contribution in [3.63, 3.8) is 0 Å². The third kappa shape index (κ3) is 4.86. The molecular formula is C28H44O2. The van der Waals surface area contributed by atoms with E-state index in [1.165, 1.54) is 16.7 Å². The summed E-state index contributed by atoms with van der Waals surface area (Å²) in [6.07, 6.45) is 18.3. The number of aliphatic hydroxyl groups excluding tert-OH is 1. The molecule has 3 aliphatic carbocycles. The van der Waals surface area contributed by atoms with Crippen molar-refractivity contribution in [1.29, 1.82) is 0 Å². The van der Waals surface area contributed by atoms with Crippen LogP contribution in [0.5, 0.6) is 0 Å². The van der Waals surface area contributed by atoms with Gasteiger partial charge in [0, 0.05) is 0 Å². The normalized spacial score (nSPS) is 35.8. The van der Waals surface area contributed by atoms with Crippen molar-refractivity contribution in [1.82, 2.24) is 0 Å². The molecule has 0 aromatic rings. The van der Waals surface area contributed by atoms with E-state index in [0.717, 1.165) is 44.9 Å². The minimum atomic E-state index is -0.759. The van der Waals surface area contributed by atoms with E-state index >= 15 is 0 Å². The quantitative estimate of drug-likeness (QED) is 0.473. The van der Waals surface area contributed by atoms with Crippen LogP contribution in [-0.4, -0.2) is 21.9 Å². The van der Waals surface area contributed by atoms with E-state index in [4.69, 9.17) is 0 Å². The zero-order valence-corrected chi connectivity index (χ0v) is 20.1. The van der Waals surface area contributed by atoms with Gasteiger partial charge in [0.2, 0.25) is 0 Å². The SMILES string of the molecule is CC1=C(/C=C\C2=CCC[C@@]3(C)[C@H]2CC[C@@H]3[C@@](C)(O)/C=C/[C@H](C)C(C)C)C[C@@H](O)CC1. The molecule has 0 unspecified atom stereocenters. The predicted octanol–water partition coefficient (Wildman–Crippen LogP) is 6.76. The van der Waals surface area contributed by atoms with Gasteiger partial charge in [-0.1, -0.05) is 63.6 Å². The number of aliphatic hydroxyl groups is 2. The molecule has 2 N–H and O–H groups in total. The molecule has 30 heavy (non-hydrogen) atoms. The molecule has 1 saturated carbocycles. The van der Waals surface area contributed by atoms with Gasteiger partial charge in [0.05, 0.1) is 11.7 Å². The lowest BCUT2D eigenvalue weighted by Gasteiger charge is -2.45. The summed E-state index contributed by atoms with van der Waals surface area (Å²) >= 11 is 0. The zero-order valence-electron chi connectivity index (χ0n) is 20.1. The lowest BCUT2D eigenvalue weighted by Crippen LogP contribution is -2.43. The van der Waals surface area contributed by atoms with Crippen LogP contribution < -0.4 is 0 Å². The second kappa shape index (κ2) is 9.17. The maximum Gasteiger partial charge on any atom is 0.0833 e. The molecule has 168 valence electrons. The van der Waals surface area contributed by atoms with Crippen LogP contribution in [0.25, 0.3) is 0 Å². The van der Waals surface area contributed by atoms with E-state index in [1.54, 1.807) is 0 Å². The molecule has 0 aromatic carbocycles. The first kappa shape index (κ1) is 23.5. The minimum Gasteiger partial charge on any atom is -0.393 e. The van der Waals surface area contributed by atoms with Crippen LogP contribution in [0.1, 0.15) is 86.5 Å². The van der Waals surface area contributed by atoms with E-state index in [0.29, 0.717) is 23.7 Å². The zero-order chi connectivity index (χ0) is 22.1. The van der Waals surface area contributed by atoms with Gasteiger partial charge in [-0.2, -0.15) is 0 Å². The summed E-state index contributed by atoms with van der Waals surface area (Å²) in [5.41, 5.74) is 3.56. The molecule has 3 rings (SSSR count). The van der Waals surface area contributed by atoms with Crippen LogP contribution in [0.3, 0.4) is 0 Å². The van der Waals surface area contributed by atoms with E-state index in [-0.39, 0.29) is 11.5 Å². The largest absolute Gasteiger partial charge is 0.393 e. The molecule has 0 heterocycles. The highest BCUT2D eigenvalue weighted by molar-refractivity contribution is 5.36. The minimum absolute atomic E-state index is 0.138. The highest BCUT2D eigenvalue weighted by atomic mass is 16.3. The van der Waals surface area contributed by atoms with Crippen LogP contribution in [0.4, 0.5) is 0 Å². The van der Waals surface area contributed by atoms with E-state index < -0.39 is 5.60 Å². The number of hydrogen-bond acceptors (Lipinski definition) is 2. The van der Waals surface area contributed by atoms with Crippen LogP contribution in [-0.2, 0) is 0 Å². The molecule has 0 spiro atoms. The lowest BCUT2D eigenvalue weighted by atomic mass is 9.61. The van der Waals surface area contributed by atoms with Crippen LogP contribution >= 0.6 is 0 Å². The van der Waals surface area contributed by atoms with Gasteiger partial charge >= 0.3 is 0 Å². The Morgan fingerprint density at radius 2 is 1.90 bits per heavy atom. The fourth-order valence-corrected chi connectivity index (χ4v) is 6.13. The Balaban J connectivity index is 1.78. The summed E-state index contributed by atoms with van der Waals surface area (Å²) in [6.45, 7) is 13.4. The molecule has 0 bridgehead atoms. The Hall–Kier alpha value is -1.12. The van der Waals surface area contributed by atoms with Gasteiger partial charge < -0.3 is 10.2 Å². The van der Waals surface area contributed by atoms with Crippen molar-refractivity contribution in [3.8, 4) is 0 Å². The van der Waals surface area contributed by atoms with Gasteiger partial charge in [-0.3, -0.25) is 0 Å². The van der Waals surface area contributed by atoms with E-state index in [1.807, 2.05) is 6.92 Å². The summed E-state index contributed by atoms with van der Waals surface area (Å²) in [7, 11) is 0. The Morgan fingerprint density at radius 3 is 2.60 bits per heavy atom. The second-order valence-corrected chi connectivity index (χ2v) is 11.2. The van der Waals surface area contributed by atoms with Gasteiger partial charge in [-0.15, -0.1) is 0 Å². The summed E-state index contributed by atoms with van der Waals surface area (Å²) in [5, 5.41) is 21.5. The predicted molar refractivity (Wildman–Crippen MR) is 127 cm³/mol. The molecule has 1 fully saturated rings. The van der Waals surface area contributed by atoms with Gasteiger partial charge in [0.15, 0.2) is 0 Å². The summed E-state index contributed by atoms with van der Waals surface area (Å²) in [4.78, 5) is 0. The van der Waals surface area contributed by atoms with E-state index in [9.17, 15) is 10.2 Å². The Kier molecular flexibility index (Phi) is 7.19. The second-order valence-electron chi connectivity index (χ2n) is 11.2. The maximum atomic E-state index is 11.5. The van der Waals surface area contributed by atoms with Crippen molar-refractivity contribution < 1.29 is 10.2 Å². The fraction of sp³-hybridized carbons (Fsp3) is 0.714. The van der Waals surface area contributed by atoms with Crippen molar-refractivity contribution in [2.24, 2.45) is 29.1 Å². The number of fused-ring (bicyclic) bond motifs is 1. The number of hydrogen-bond donors (Lipinski definition) is 2. The summed E-state index contributed by atoms with van der Waals surface area (Å²) in [6, 6.07) is 0. The van der Waals surface area contributed by atoms with Crippen molar-refractivity contribution in [3.05, 3.63) is 47.1 Å². The van der Waals surface area contributed by atoms with E-state index in [2.05, 4.69) is 65.0 Å². The van der Waals surface area contributed by atoms with Gasteiger partial charge in [-0.05, 0) is 99.0 Å². The number of rotatable bonds is 6. The van der Waals surface area contributed by atoms with Gasteiger partial charge in [-0.25, -0.2) is 0 Å². The summed E-state index contributed by atoms with van der Waals surface area (Å²) < 4.78 is 0. The monoisotopic (exact) mass is 412 g/mol. The Labute approximate surface area is 184 Å². The average molecular weight is 413 g/mol. The first-order chi connectivity index (χ1) is 14.0. The molecule has 0 aliphatic heterocycles. The van der Waals surface area contributed by atoms with Crippen LogP contribution in [0.2, 0.25) is 0 Å². The Bertz CT molecular complexity index is 736. The molecule has 0 radical (unpaired) electrons. The Morgan fingerprint density at radius 1 is 1.17 bits per heavy atom. The van der Waals surface area contributed by atoms with Crippen LogP contribution in [0, 0.1) is 29.1 Å². The molecular weight excluding hydrogens is 368 g/mol. The van der Waals surface area contributed by atoms with Gasteiger partial charge in [0.1, 0.15) is 0 Å². The first-order valence-corrected chi connectivity index (χ1v) is 12.2. The van der Waals surface area contributed by atoms with Gasteiger partial charge in [0.25, 0.3) is 0 Å². The fourth-order valence-electron chi connectivity index (χ4n) is 6.13. The maximum absolute atomic E-state index is 11.5. The molecule has 2 nitrogen and oxygen atoms in total. The average Bonchev–Trinajstić information content (AvgIpc) is 3.05. The molecule has 6 atom stereocenters. The molecule has 0 amide bonds. The third-order valence-electron chi connectivity index (χ3n) is 8.63. The summed E-state index contributed by atoms with van der Waals surface area (Å²) in [5.74, 6) is 1.88. The number of allylic oxidation sites excluding steroid dienone is 6. The highest BCUT2D eigenvalue weighted by Gasteiger charge is 2.53. The highest BCUT2D eigenvalue weighted by Crippen LogP contribution is 2.59. The van der Waals surface area contributed by atoms with Crippen LogP contribution in [0.15, 0.2) is 47.1 Å². The standard InChI is InChI=1S/C28H44O2/c1-19(2)20(3)15-17-28(6,30)26-14-13-25-22(8-7-16-27(25,26)5)10-11-23-18-24(29)12-9-21(23)4/h8,10-11,15,17,19-20,24-26,29-30H,7,9,12-14,16,18H2,1-6H3/b11-10-,17-15+/t20-,24-,25-,26-,27-,28-/m0/s1.